The third-order valence-electron chi connectivity index (χ3n) is 6.26. The number of carbonyl (C=O) groups excluding carboxylic acids is 3. The highest BCUT2D eigenvalue weighted by Gasteiger charge is 2.22. The molecule has 4 amide bonds. The van der Waals surface area contributed by atoms with Gasteiger partial charge in [0.2, 0.25) is 5.91 Å². The smallest absolute Gasteiger partial charge is 0.322 e. The number of piperazine rings is 1. The van der Waals surface area contributed by atoms with E-state index in [1.807, 2.05) is 12.1 Å². The van der Waals surface area contributed by atoms with E-state index in [9.17, 15) is 18.8 Å². The Morgan fingerprint density at radius 2 is 1.59 bits per heavy atom. The van der Waals surface area contributed by atoms with Crippen LogP contribution in [0.15, 0.2) is 85.5 Å². The van der Waals surface area contributed by atoms with Gasteiger partial charge in [0.05, 0.1) is 5.69 Å². The normalized spacial score (nSPS) is 13.0. The highest BCUT2D eigenvalue weighted by atomic mass is 35.5. The zero-order chi connectivity index (χ0) is 27.8. The molecule has 4 rings (SSSR count). The van der Waals surface area contributed by atoms with Gasteiger partial charge >= 0.3 is 6.03 Å². The summed E-state index contributed by atoms with van der Waals surface area (Å²) in [5.41, 5.74) is 2.14. The van der Waals surface area contributed by atoms with E-state index < -0.39 is 5.82 Å². The predicted octanol–water partition coefficient (Wildman–Crippen LogP) is 5.10. The van der Waals surface area contributed by atoms with E-state index in [0.29, 0.717) is 42.5 Å². The molecule has 1 heterocycles. The second-order valence-electron chi connectivity index (χ2n) is 8.96. The number of para-hydroxylation sites is 1. The van der Waals surface area contributed by atoms with Gasteiger partial charge in [-0.15, -0.1) is 6.58 Å². The molecule has 0 saturated carbocycles. The largest absolute Gasteiger partial charge is 0.368 e. The van der Waals surface area contributed by atoms with Crippen molar-refractivity contribution >= 4 is 46.5 Å². The zero-order valence-corrected chi connectivity index (χ0v) is 22.0. The molecule has 0 aromatic heterocycles. The number of nitrogens with zero attached hydrogens (tertiary/aromatic N) is 3. The third-order valence-corrected chi connectivity index (χ3v) is 6.51. The second-order valence-corrected chi connectivity index (χ2v) is 9.40. The van der Waals surface area contributed by atoms with Gasteiger partial charge in [0.25, 0.3) is 5.91 Å². The quantitative estimate of drug-likeness (QED) is 0.383. The molecule has 3 aromatic carbocycles. The maximum atomic E-state index is 13.8. The van der Waals surface area contributed by atoms with Gasteiger partial charge in [-0.3, -0.25) is 9.59 Å². The van der Waals surface area contributed by atoms with Crippen LogP contribution in [-0.4, -0.2) is 66.9 Å². The predicted molar refractivity (Wildman–Crippen MR) is 152 cm³/mol. The minimum atomic E-state index is -0.474. The fraction of sp³-hybridized carbons (Fsp3) is 0.207. The lowest BCUT2D eigenvalue weighted by molar-refractivity contribution is -0.116. The van der Waals surface area contributed by atoms with Gasteiger partial charge in [0.1, 0.15) is 12.4 Å². The molecule has 10 heteroatoms. The molecular formula is C29H29ClFN5O3. The van der Waals surface area contributed by atoms with Crippen molar-refractivity contribution in [1.29, 1.82) is 0 Å². The van der Waals surface area contributed by atoms with Gasteiger partial charge in [-0.2, -0.15) is 0 Å². The molecule has 1 aliphatic rings. The number of carbonyl (C=O) groups is 3. The number of hydrogen-bond acceptors (Lipinski definition) is 4. The SMILES string of the molecule is C=CCN(CC(=O)Nc1ccc(N2CCN(C(=O)Nc3ccccc3F)CC2)cc1)C(=O)c1ccc(Cl)cc1. The van der Waals surface area contributed by atoms with E-state index in [4.69, 9.17) is 11.6 Å². The van der Waals surface area contributed by atoms with Crippen molar-refractivity contribution in [2.75, 3.05) is 54.8 Å². The number of hydrogen-bond donors (Lipinski definition) is 2. The van der Waals surface area contributed by atoms with Crippen molar-refractivity contribution in [2.45, 2.75) is 0 Å². The molecule has 0 bridgehead atoms. The first-order valence-electron chi connectivity index (χ1n) is 12.4. The van der Waals surface area contributed by atoms with Gasteiger partial charge in [-0.05, 0) is 60.7 Å². The van der Waals surface area contributed by atoms with Crippen LogP contribution < -0.4 is 15.5 Å². The molecule has 1 aliphatic heterocycles. The Hall–Kier alpha value is -4.37. The summed E-state index contributed by atoms with van der Waals surface area (Å²) in [7, 11) is 0. The first-order chi connectivity index (χ1) is 18.8. The molecule has 0 radical (unpaired) electrons. The lowest BCUT2D eigenvalue weighted by Gasteiger charge is -2.36. The van der Waals surface area contributed by atoms with Crippen molar-refractivity contribution in [2.24, 2.45) is 0 Å². The van der Waals surface area contributed by atoms with Crippen LogP contribution >= 0.6 is 11.6 Å². The number of halogens is 2. The number of urea groups is 1. The van der Waals surface area contributed by atoms with Crippen molar-refractivity contribution in [1.82, 2.24) is 9.80 Å². The maximum Gasteiger partial charge on any atom is 0.322 e. The molecule has 39 heavy (non-hydrogen) atoms. The van der Waals surface area contributed by atoms with Gasteiger partial charge in [-0.25, -0.2) is 9.18 Å². The van der Waals surface area contributed by atoms with E-state index >= 15 is 0 Å². The molecule has 1 fully saturated rings. The molecule has 0 atom stereocenters. The minimum Gasteiger partial charge on any atom is -0.368 e. The number of benzene rings is 3. The summed E-state index contributed by atoms with van der Waals surface area (Å²) in [5.74, 6) is -1.10. The Balaban J connectivity index is 1.28. The fourth-order valence-electron chi connectivity index (χ4n) is 4.20. The van der Waals surface area contributed by atoms with E-state index in [1.165, 1.54) is 17.0 Å². The first-order valence-corrected chi connectivity index (χ1v) is 12.8. The molecule has 2 N–H and O–H groups in total. The van der Waals surface area contributed by atoms with Crippen molar-refractivity contribution in [3.8, 4) is 0 Å². The Kier molecular flexibility index (Phi) is 9.17. The van der Waals surface area contributed by atoms with Gasteiger partial charge in [-0.1, -0.05) is 29.8 Å². The van der Waals surface area contributed by atoms with E-state index in [1.54, 1.807) is 59.5 Å². The average Bonchev–Trinajstić information content (AvgIpc) is 2.94. The lowest BCUT2D eigenvalue weighted by atomic mass is 10.2. The van der Waals surface area contributed by atoms with E-state index in [-0.39, 0.29) is 36.6 Å². The second kappa shape index (κ2) is 12.9. The van der Waals surface area contributed by atoms with E-state index in [2.05, 4.69) is 22.1 Å². The summed E-state index contributed by atoms with van der Waals surface area (Å²) >= 11 is 5.91. The number of anilines is 3. The third kappa shape index (κ3) is 7.36. The van der Waals surface area contributed by atoms with Gasteiger partial charge in [0.15, 0.2) is 0 Å². The summed E-state index contributed by atoms with van der Waals surface area (Å²) in [4.78, 5) is 43.2. The number of nitrogens with one attached hydrogen (secondary N) is 2. The van der Waals surface area contributed by atoms with Gasteiger partial charge in [0, 0.05) is 54.7 Å². The van der Waals surface area contributed by atoms with E-state index in [0.717, 1.165) is 5.69 Å². The van der Waals surface area contributed by atoms with Crippen LogP contribution in [0.25, 0.3) is 0 Å². The molecular weight excluding hydrogens is 521 g/mol. The molecule has 8 nitrogen and oxygen atoms in total. The Morgan fingerprint density at radius 1 is 0.923 bits per heavy atom. The standard InChI is InChI=1S/C29H29ClFN5O3/c1-2-15-36(28(38)21-7-9-22(30)10-8-21)20-27(37)32-23-11-13-24(14-12-23)34-16-18-35(19-17-34)29(39)33-26-6-4-3-5-25(26)31/h2-14H,1,15-20H2,(H,32,37)(H,33,39). The van der Waals surface area contributed by atoms with Crippen LogP contribution in [0.3, 0.4) is 0 Å². The molecule has 3 aromatic rings. The minimum absolute atomic E-state index is 0.133. The first kappa shape index (κ1) is 27.7. The average molecular weight is 550 g/mol. The molecule has 1 saturated heterocycles. The molecule has 202 valence electrons. The summed E-state index contributed by atoms with van der Waals surface area (Å²) in [6, 6.07) is 19.6. The van der Waals surface area contributed by atoms with Crippen LogP contribution in [-0.2, 0) is 4.79 Å². The summed E-state index contributed by atoms with van der Waals surface area (Å²) in [5, 5.41) is 5.97. The van der Waals surface area contributed by atoms with Crippen molar-refractivity contribution in [3.63, 3.8) is 0 Å². The topological polar surface area (TPSA) is 85.0 Å². The fourth-order valence-corrected chi connectivity index (χ4v) is 4.33. The molecule has 0 unspecified atom stereocenters. The molecule has 0 spiro atoms. The molecule has 0 aliphatic carbocycles. The number of rotatable bonds is 8. The van der Waals surface area contributed by atoms with Crippen molar-refractivity contribution < 1.29 is 18.8 Å². The Labute approximate surface area is 231 Å². The summed E-state index contributed by atoms with van der Waals surface area (Å²) in [6.07, 6.45) is 1.57. The van der Waals surface area contributed by atoms with Crippen LogP contribution in [0.1, 0.15) is 10.4 Å². The van der Waals surface area contributed by atoms with Crippen LogP contribution in [0, 0.1) is 5.82 Å². The zero-order valence-electron chi connectivity index (χ0n) is 21.3. The monoisotopic (exact) mass is 549 g/mol. The van der Waals surface area contributed by atoms with Crippen LogP contribution in [0.2, 0.25) is 5.02 Å². The maximum absolute atomic E-state index is 13.8. The summed E-state index contributed by atoms with van der Waals surface area (Å²) in [6.45, 7) is 5.96. The number of amides is 4. The van der Waals surface area contributed by atoms with Crippen molar-refractivity contribution in [3.05, 3.63) is 102 Å². The highest BCUT2D eigenvalue weighted by Crippen LogP contribution is 2.21. The Morgan fingerprint density at radius 3 is 2.23 bits per heavy atom. The van der Waals surface area contributed by atoms with Crippen LogP contribution in [0.5, 0.6) is 0 Å². The summed E-state index contributed by atoms with van der Waals surface area (Å²) < 4.78 is 13.8. The Bertz CT molecular complexity index is 1330. The lowest BCUT2D eigenvalue weighted by Crippen LogP contribution is -2.50. The van der Waals surface area contributed by atoms with Gasteiger partial charge < -0.3 is 25.3 Å². The van der Waals surface area contributed by atoms with Crippen LogP contribution in [0.4, 0.5) is 26.2 Å². The highest BCUT2D eigenvalue weighted by molar-refractivity contribution is 6.30.